The first-order chi connectivity index (χ1) is 11.6. The molecule has 1 amide bonds. The molecule has 0 bridgehead atoms. The standard InChI is InChI=1S/C17H15FN4OS/c1-12-7-8-13(18)9-15(12)20-16(23)10-24-17-19-11-22(21-17)14-5-3-2-4-6-14/h2-9,11H,10H2,1H3,(H,20,23). The Morgan fingerprint density at radius 2 is 2.04 bits per heavy atom. The number of nitrogens with one attached hydrogen (secondary N) is 1. The van der Waals surface area contributed by atoms with Crippen LogP contribution in [0.5, 0.6) is 0 Å². The number of nitrogens with zero attached hydrogens (tertiary/aromatic N) is 3. The normalized spacial score (nSPS) is 10.6. The summed E-state index contributed by atoms with van der Waals surface area (Å²) in [5, 5.41) is 7.52. The number of hydrogen-bond acceptors (Lipinski definition) is 4. The molecular weight excluding hydrogens is 327 g/mol. The SMILES string of the molecule is Cc1ccc(F)cc1NC(=O)CSc1ncn(-c2ccccc2)n1. The summed E-state index contributed by atoms with van der Waals surface area (Å²) in [5.41, 5.74) is 2.18. The van der Waals surface area contributed by atoms with Gasteiger partial charge >= 0.3 is 0 Å². The van der Waals surface area contributed by atoms with E-state index in [4.69, 9.17) is 0 Å². The van der Waals surface area contributed by atoms with Gasteiger partial charge in [0.25, 0.3) is 0 Å². The van der Waals surface area contributed by atoms with E-state index in [1.54, 1.807) is 17.1 Å². The summed E-state index contributed by atoms with van der Waals surface area (Å²) < 4.78 is 14.9. The molecule has 24 heavy (non-hydrogen) atoms. The molecule has 3 rings (SSSR count). The molecule has 122 valence electrons. The van der Waals surface area contributed by atoms with Crippen molar-refractivity contribution in [3.63, 3.8) is 0 Å². The molecule has 0 fully saturated rings. The summed E-state index contributed by atoms with van der Waals surface area (Å²) >= 11 is 1.22. The molecule has 5 nitrogen and oxygen atoms in total. The number of benzene rings is 2. The molecule has 0 spiro atoms. The van der Waals surface area contributed by atoms with Crippen LogP contribution in [0.2, 0.25) is 0 Å². The average molecular weight is 342 g/mol. The van der Waals surface area contributed by atoms with E-state index in [1.807, 2.05) is 37.3 Å². The molecule has 0 saturated carbocycles. The van der Waals surface area contributed by atoms with Crippen molar-refractivity contribution >= 4 is 23.4 Å². The summed E-state index contributed by atoms with van der Waals surface area (Å²) in [6, 6.07) is 13.9. The lowest BCUT2D eigenvalue weighted by Crippen LogP contribution is -2.15. The number of rotatable bonds is 5. The second kappa shape index (κ2) is 7.27. The van der Waals surface area contributed by atoms with Gasteiger partial charge in [-0.1, -0.05) is 36.0 Å². The summed E-state index contributed by atoms with van der Waals surface area (Å²) in [6.45, 7) is 1.81. The molecule has 3 aromatic rings. The highest BCUT2D eigenvalue weighted by Crippen LogP contribution is 2.18. The molecule has 0 aliphatic carbocycles. The Bertz CT molecular complexity index is 851. The van der Waals surface area contributed by atoms with Crippen molar-refractivity contribution in [1.82, 2.24) is 14.8 Å². The number of carbonyl (C=O) groups is 1. The van der Waals surface area contributed by atoms with Crippen LogP contribution in [0, 0.1) is 12.7 Å². The van der Waals surface area contributed by atoms with Gasteiger partial charge in [0.2, 0.25) is 11.1 Å². The van der Waals surface area contributed by atoms with Gasteiger partial charge in [0, 0.05) is 5.69 Å². The fourth-order valence-corrected chi connectivity index (χ4v) is 2.66. The monoisotopic (exact) mass is 342 g/mol. The number of carbonyl (C=O) groups excluding carboxylic acids is 1. The minimum absolute atomic E-state index is 0.148. The van der Waals surface area contributed by atoms with Crippen molar-refractivity contribution in [1.29, 1.82) is 0 Å². The Balaban J connectivity index is 1.59. The predicted molar refractivity (Wildman–Crippen MR) is 91.8 cm³/mol. The van der Waals surface area contributed by atoms with E-state index in [2.05, 4.69) is 15.4 Å². The fraction of sp³-hybridized carbons (Fsp3) is 0.118. The largest absolute Gasteiger partial charge is 0.325 e. The third-order valence-corrected chi connectivity index (χ3v) is 4.15. The molecule has 0 aliphatic rings. The Kier molecular flexibility index (Phi) is 4.90. The fourth-order valence-electron chi connectivity index (χ4n) is 2.06. The lowest BCUT2D eigenvalue weighted by atomic mass is 10.2. The van der Waals surface area contributed by atoms with Gasteiger partial charge in [-0.05, 0) is 36.8 Å². The van der Waals surface area contributed by atoms with Crippen LogP contribution in [0.3, 0.4) is 0 Å². The van der Waals surface area contributed by atoms with E-state index in [0.29, 0.717) is 10.8 Å². The summed E-state index contributed by atoms with van der Waals surface area (Å²) in [4.78, 5) is 16.2. The number of amides is 1. The summed E-state index contributed by atoms with van der Waals surface area (Å²) in [5.74, 6) is -0.467. The molecule has 1 heterocycles. The quantitative estimate of drug-likeness (QED) is 0.722. The first-order valence-corrected chi connectivity index (χ1v) is 8.26. The highest BCUT2D eigenvalue weighted by Gasteiger charge is 2.09. The predicted octanol–water partition coefficient (Wildman–Crippen LogP) is 3.45. The zero-order valence-electron chi connectivity index (χ0n) is 12.9. The van der Waals surface area contributed by atoms with E-state index in [-0.39, 0.29) is 17.5 Å². The van der Waals surface area contributed by atoms with Crippen LogP contribution in [0.4, 0.5) is 10.1 Å². The van der Waals surface area contributed by atoms with Crippen molar-refractivity contribution < 1.29 is 9.18 Å². The zero-order valence-corrected chi connectivity index (χ0v) is 13.8. The molecule has 2 aromatic carbocycles. The van der Waals surface area contributed by atoms with Gasteiger partial charge in [-0.25, -0.2) is 14.1 Å². The molecule has 0 radical (unpaired) electrons. The van der Waals surface area contributed by atoms with Gasteiger partial charge in [-0.3, -0.25) is 4.79 Å². The third kappa shape index (κ3) is 3.99. The van der Waals surface area contributed by atoms with Crippen LogP contribution in [0.1, 0.15) is 5.56 Å². The Hall–Kier alpha value is -2.67. The van der Waals surface area contributed by atoms with Crippen LogP contribution in [-0.4, -0.2) is 26.4 Å². The molecule has 0 atom stereocenters. The zero-order chi connectivity index (χ0) is 16.9. The number of thioether (sulfide) groups is 1. The topological polar surface area (TPSA) is 59.8 Å². The van der Waals surface area contributed by atoms with Gasteiger partial charge in [-0.15, -0.1) is 5.10 Å². The molecule has 1 aromatic heterocycles. The molecule has 0 unspecified atom stereocenters. The van der Waals surface area contributed by atoms with Crippen LogP contribution >= 0.6 is 11.8 Å². The maximum absolute atomic E-state index is 13.2. The maximum atomic E-state index is 13.2. The van der Waals surface area contributed by atoms with Gasteiger partial charge < -0.3 is 5.32 Å². The molecule has 0 aliphatic heterocycles. The highest BCUT2D eigenvalue weighted by molar-refractivity contribution is 7.99. The van der Waals surface area contributed by atoms with Crippen molar-refractivity contribution in [3.8, 4) is 5.69 Å². The van der Waals surface area contributed by atoms with Crippen LogP contribution < -0.4 is 5.32 Å². The number of anilines is 1. The van der Waals surface area contributed by atoms with Crippen LogP contribution in [0.15, 0.2) is 60.0 Å². The van der Waals surface area contributed by atoms with Gasteiger partial charge in [-0.2, -0.15) is 0 Å². The van der Waals surface area contributed by atoms with Crippen molar-refractivity contribution in [2.45, 2.75) is 12.1 Å². The van der Waals surface area contributed by atoms with E-state index >= 15 is 0 Å². The van der Waals surface area contributed by atoms with Gasteiger partial charge in [0.05, 0.1) is 11.4 Å². The van der Waals surface area contributed by atoms with Crippen LogP contribution in [-0.2, 0) is 4.79 Å². The molecule has 0 saturated heterocycles. The summed E-state index contributed by atoms with van der Waals surface area (Å²) in [7, 11) is 0. The maximum Gasteiger partial charge on any atom is 0.234 e. The minimum atomic E-state index is -0.383. The first-order valence-electron chi connectivity index (χ1n) is 7.28. The highest BCUT2D eigenvalue weighted by atomic mass is 32.2. The number of para-hydroxylation sites is 1. The van der Waals surface area contributed by atoms with Gasteiger partial charge in [0.15, 0.2) is 0 Å². The number of aromatic nitrogens is 3. The van der Waals surface area contributed by atoms with E-state index in [1.165, 1.54) is 23.9 Å². The van der Waals surface area contributed by atoms with Crippen molar-refractivity contribution in [2.24, 2.45) is 0 Å². The van der Waals surface area contributed by atoms with E-state index < -0.39 is 0 Å². The Labute approximate surface area is 142 Å². The molecule has 7 heteroatoms. The lowest BCUT2D eigenvalue weighted by molar-refractivity contribution is -0.113. The second-order valence-corrected chi connectivity index (χ2v) is 6.05. The van der Waals surface area contributed by atoms with E-state index in [9.17, 15) is 9.18 Å². The van der Waals surface area contributed by atoms with Crippen molar-refractivity contribution in [3.05, 3.63) is 66.2 Å². The van der Waals surface area contributed by atoms with Crippen molar-refractivity contribution in [2.75, 3.05) is 11.1 Å². The van der Waals surface area contributed by atoms with Crippen LogP contribution in [0.25, 0.3) is 5.69 Å². The Morgan fingerprint density at radius 3 is 2.83 bits per heavy atom. The minimum Gasteiger partial charge on any atom is -0.325 e. The van der Waals surface area contributed by atoms with Gasteiger partial charge in [0.1, 0.15) is 12.1 Å². The third-order valence-electron chi connectivity index (χ3n) is 3.30. The average Bonchev–Trinajstić information content (AvgIpc) is 3.06. The Morgan fingerprint density at radius 1 is 1.25 bits per heavy atom. The second-order valence-electron chi connectivity index (χ2n) is 5.10. The number of halogens is 1. The smallest absolute Gasteiger partial charge is 0.234 e. The number of aryl methyl sites for hydroxylation is 1. The molecule has 1 N–H and O–H groups in total. The lowest BCUT2D eigenvalue weighted by Gasteiger charge is -2.07. The first kappa shape index (κ1) is 16.2. The van der Waals surface area contributed by atoms with E-state index in [0.717, 1.165) is 11.3 Å². The summed E-state index contributed by atoms with van der Waals surface area (Å²) in [6.07, 6.45) is 1.60. The molecular formula is C17H15FN4OS. The number of hydrogen-bond donors (Lipinski definition) is 1.